The molecule has 0 aliphatic carbocycles. The first-order valence-electron chi connectivity index (χ1n) is 13.0. The number of para-hydroxylation sites is 1. The Kier molecular flexibility index (Phi) is 6.75. The van der Waals surface area contributed by atoms with Gasteiger partial charge in [0.25, 0.3) is 11.5 Å². The minimum Gasteiger partial charge on any atom is -0.497 e. The molecule has 0 saturated carbocycles. The molecule has 1 atom stereocenters. The van der Waals surface area contributed by atoms with Crippen LogP contribution in [0.4, 0.5) is 5.82 Å². The molecule has 10 heteroatoms. The molecule has 3 aromatic heterocycles. The molecule has 0 bridgehead atoms. The predicted molar refractivity (Wildman–Crippen MR) is 152 cm³/mol. The molecule has 0 spiro atoms. The van der Waals surface area contributed by atoms with Gasteiger partial charge in [-0.25, -0.2) is 9.67 Å². The van der Waals surface area contributed by atoms with Crippen molar-refractivity contribution in [2.75, 3.05) is 19.0 Å². The fourth-order valence-electron chi connectivity index (χ4n) is 5.15. The van der Waals surface area contributed by atoms with Gasteiger partial charge in [-0.1, -0.05) is 18.2 Å². The van der Waals surface area contributed by atoms with Crippen molar-refractivity contribution in [3.05, 3.63) is 101 Å². The van der Waals surface area contributed by atoms with Gasteiger partial charge in [-0.05, 0) is 61.9 Å². The maximum Gasteiger partial charge on any atom is 0.284 e. The summed E-state index contributed by atoms with van der Waals surface area (Å²) in [5.41, 5.74) is 1.81. The minimum atomic E-state index is -0.505. The topological polar surface area (TPSA) is 112 Å². The maximum absolute atomic E-state index is 13.6. The van der Waals surface area contributed by atoms with Gasteiger partial charge in [0.1, 0.15) is 28.6 Å². The average molecular weight is 537 g/mol. The first-order chi connectivity index (χ1) is 19.5. The zero-order chi connectivity index (χ0) is 27.6. The normalized spacial score (nSPS) is 14.8. The molecule has 1 saturated heterocycles. The van der Waals surface area contributed by atoms with Crippen molar-refractivity contribution in [1.29, 1.82) is 0 Å². The summed E-state index contributed by atoms with van der Waals surface area (Å²) in [6.45, 7) is 0.833. The number of rotatable bonds is 7. The van der Waals surface area contributed by atoms with E-state index in [-0.39, 0.29) is 17.2 Å². The molecule has 1 amide bonds. The molecule has 2 N–H and O–H groups in total. The number of fused-ring (bicyclic) bond motifs is 1. The first kappa shape index (κ1) is 25.3. The van der Waals surface area contributed by atoms with Gasteiger partial charge in [0.05, 0.1) is 36.2 Å². The second kappa shape index (κ2) is 10.7. The summed E-state index contributed by atoms with van der Waals surface area (Å²) in [6.07, 6.45) is 5.00. The van der Waals surface area contributed by atoms with E-state index in [9.17, 15) is 9.59 Å². The van der Waals surface area contributed by atoms with E-state index < -0.39 is 5.91 Å². The fraction of sp³-hybridized carbons (Fsp3) is 0.200. The lowest BCUT2D eigenvalue weighted by Gasteiger charge is -2.15. The molecule has 0 radical (unpaired) electrons. The van der Waals surface area contributed by atoms with Gasteiger partial charge >= 0.3 is 0 Å². The van der Waals surface area contributed by atoms with Crippen LogP contribution in [-0.2, 0) is 7.05 Å². The van der Waals surface area contributed by atoms with Crippen molar-refractivity contribution >= 4 is 22.6 Å². The second-order valence-corrected chi connectivity index (χ2v) is 9.51. The Bertz CT molecular complexity index is 1740. The summed E-state index contributed by atoms with van der Waals surface area (Å²) < 4.78 is 14.6. The van der Waals surface area contributed by atoms with Crippen molar-refractivity contribution in [3.8, 4) is 22.9 Å². The first-order valence-corrected chi connectivity index (χ1v) is 13.0. The number of nitrogens with one attached hydrogen (secondary N) is 2. The summed E-state index contributed by atoms with van der Waals surface area (Å²) in [6, 6.07) is 19.9. The molecule has 5 aromatic rings. The zero-order valence-corrected chi connectivity index (χ0v) is 22.1. The standard InChI is InChI=1S/C30H28N6O4/c1-35-28(23-9-6-15-31-23)27(30(38)36(35)19-7-4-3-5-8-19)29(37)34-26-13-11-21(18-33-26)40-25-14-16-32-24-17-20(39-2)10-12-22(24)25/h3-5,7-8,10-14,16-18,23,31H,6,9,15H2,1-2H3,(H,33,34,37)/t23-/m0/s1. The highest BCUT2D eigenvalue weighted by Gasteiger charge is 2.31. The van der Waals surface area contributed by atoms with Gasteiger partial charge in [-0.2, -0.15) is 0 Å². The molecule has 0 unspecified atom stereocenters. The van der Waals surface area contributed by atoms with Crippen LogP contribution in [0.1, 0.15) is 34.9 Å². The number of hydrogen-bond acceptors (Lipinski definition) is 7. The molecule has 40 heavy (non-hydrogen) atoms. The number of nitrogens with zero attached hydrogens (tertiary/aromatic N) is 4. The molecule has 202 valence electrons. The fourth-order valence-corrected chi connectivity index (χ4v) is 5.15. The second-order valence-electron chi connectivity index (χ2n) is 9.51. The van der Waals surface area contributed by atoms with E-state index in [1.54, 1.807) is 36.2 Å². The number of methoxy groups -OCH3 is 1. The summed E-state index contributed by atoms with van der Waals surface area (Å²) >= 11 is 0. The number of carbonyl (C=O) groups excluding carboxylic acids is 1. The maximum atomic E-state index is 13.6. The summed E-state index contributed by atoms with van der Waals surface area (Å²) in [7, 11) is 3.42. The number of aromatic nitrogens is 4. The third kappa shape index (κ3) is 4.69. The smallest absolute Gasteiger partial charge is 0.284 e. The Morgan fingerprint density at radius 1 is 1.05 bits per heavy atom. The van der Waals surface area contributed by atoms with Crippen LogP contribution in [0.3, 0.4) is 0 Å². The van der Waals surface area contributed by atoms with Gasteiger partial charge in [0, 0.05) is 24.7 Å². The van der Waals surface area contributed by atoms with Crippen LogP contribution in [-0.4, -0.2) is 38.9 Å². The molecule has 2 aromatic carbocycles. The van der Waals surface area contributed by atoms with Crippen LogP contribution >= 0.6 is 0 Å². The number of ether oxygens (including phenoxy) is 2. The molecule has 4 heterocycles. The summed E-state index contributed by atoms with van der Waals surface area (Å²) in [5, 5.41) is 7.05. The van der Waals surface area contributed by atoms with Gasteiger partial charge in [-0.3, -0.25) is 19.3 Å². The van der Waals surface area contributed by atoms with Gasteiger partial charge in [-0.15, -0.1) is 0 Å². The largest absolute Gasteiger partial charge is 0.497 e. The van der Waals surface area contributed by atoms with Crippen LogP contribution in [0.5, 0.6) is 17.2 Å². The van der Waals surface area contributed by atoms with Crippen LogP contribution in [0.25, 0.3) is 16.6 Å². The highest BCUT2D eigenvalue weighted by atomic mass is 16.5. The molecule has 1 aliphatic heterocycles. The third-order valence-electron chi connectivity index (χ3n) is 7.04. The van der Waals surface area contributed by atoms with Crippen LogP contribution in [0, 0.1) is 0 Å². The van der Waals surface area contributed by atoms with Crippen LogP contribution in [0.2, 0.25) is 0 Å². The lowest BCUT2D eigenvalue weighted by Crippen LogP contribution is -2.26. The number of hydrogen-bond donors (Lipinski definition) is 2. The van der Waals surface area contributed by atoms with Crippen molar-refractivity contribution in [2.24, 2.45) is 7.05 Å². The van der Waals surface area contributed by atoms with Gasteiger partial charge < -0.3 is 20.1 Å². The SMILES string of the molecule is COc1ccc2c(Oc3ccc(NC(=O)c4c([C@@H]5CCCN5)n(C)n(-c5ccccc5)c4=O)nc3)ccnc2c1. The highest BCUT2D eigenvalue weighted by molar-refractivity contribution is 6.04. The average Bonchev–Trinajstić information content (AvgIpc) is 3.60. The number of pyridine rings is 2. The lowest BCUT2D eigenvalue weighted by molar-refractivity contribution is 0.102. The van der Waals surface area contributed by atoms with E-state index in [1.165, 1.54) is 10.9 Å². The predicted octanol–water partition coefficient (Wildman–Crippen LogP) is 4.60. The Morgan fingerprint density at radius 2 is 1.88 bits per heavy atom. The number of anilines is 1. The van der Waals surface area contributed by atoms with Crippen LogP contribution in [0.15, 0.2) is 83.9 Å². The Hall–Kier alpha value is -4.96. The van der Waals surface area contributed by atoms with Crippen molar-refractivity contribution in [3.63, 3.8) is 0 Å². The Morgan fingerprint density at radius 3 is 2.60 bits per heavy atom. The van der Waals surface area contributed by atoms with E-state index in [0.29, 0.717) is 34.4 Å². The number of carbonyl (C=O) groups is 1. The molecule has 6 rings (SSSR count). The van der Waals surface area contributed by atoms with E-state index >= 15 is 0 Å². The minimum absolute atomic E-state index is 0.0951. The Labute approximate surface area is 230 Å². The molecule has 1 fully saturated rings. The van der Waals surface area contributed by atoms with Crippen molar-refractivity contribution < 1.29 is 14.3 Å². The quantitative estimate of drug-likeness (QED) is 0.313. The third-order valence-corrected chi connectivity index (χ3v) is 7.04. The van der Waals surface area contributed by atoms with Crippen molar-refractivity contribution in [2.45, 2.75) is 18.9 Å². The monoisotopic (exact) mass is 536 g/mol. The van der Waals surface area contributed by atoms with E-state index in [2.05, 4.69) is 20.6 Å². The summed E-state index contributed by atoms with van der Waals surface area (Å²) in [5.74, 6) is 1.62. The molecule has 1 aliphatic rings. The molecular weight excluding hydrogens is 508 g/mol. The number of amides is 1. The Balaban J connectivity index is 1.27. The van der Waals surface area contributed by atoms with Crippen LogP contribution < -0.4 is 25.7 Å². The van der Waals surface area contributed by atoms with Gasteiger partial charge in [0.15, 0.2) is 0 Å². The summed E-state index contributed by atoms with van der Waals surface area (Å²) in [4.78, 5) is 35.9. The van der Waals surface area contributed by atoms with E-state index in [1.807, 2.05) is 55.6 Å². The van der Waals surface area contributed by atoms with Gasteiger partial charge in [0.2, 0.25) is 0 Å². The van der Waals surface area contributed by atoms with E-state index in [0.717, 1.165) is 30.3 Å². The lowest BCUT2D eigenvalue weighted by atomic mass is 10.1. The van der Waals surface area contributed by atoms with Crippen molar-refractivity contribution in [1.82, 2.24) is 24.6 Å². The number of benzene rings is 2. The highest BCUT2D eigenvalue weighted by Crippen LogP contribution is 2.31. The molecule has 10 nitrogen and oxygen atoms in total. The van der Waals surface area contributed by atoms with E-state index in [4.69, 9.17) is 9.47 Å². The zero-order valence-electron chi connectivity index (χ0n) is 22.1. The molecular formula is C30H28N6O4.